The standard InChI is InChI=1S/C12H18N2OS/c1-8(11-3-2-6-16-11)12(15)14-10(7-13)9-4-5-9/h2-3,6,8-10H,4-5,7,13H2,1H3,(H,14,15). The molecular formula is C12H18N2OS. The fraction of sp³-hybridized carbons (Fsp3) is 0.583. The van der Waals surface area contributed by atoms with Crippen LogP contribution >= 0.6 is 11.3 Å². The Hall–Kier alpha value is -0.870. The van der Waals surface area contributed by atoms with Crippen molar-refractivity contribution in [3.8, 4) is 0 Å². The monoisotopic (exact) mass is 238 g/mol. The van der Waals surface area contributed by atoms with Gasteiger partial charge in [-0.15, -0.1) is 11.3 Å². The van der Waals surface area contributed by atoms with Gasteiger partial charge in [-0.3, -0.25) is 4.79 Å². The van der Waals surface area contributed by atoms with Crippen molar-refractivity contribution in [3.63, 3.8) is 0 Å². The van der Waals surface area contributed by atoms with Crippen LogP contribution in [0.1, 0.15) is 30.6 Å². The highest BCUT2D eigenvalue weighted by atomic mass is 32.1. The van der Waals surface area contributed by atoms with Crippen LogP contribution < -0.4 is 11.1 Å². The fourth-order valence-electron chi connectivity index (χ4n) is 1.84. The Morgan fingerprint density at radius 2 is 2.44 bits per heavy atom. The van der Waals surface area contributed by atoms with Crippen molar-refractivity contribution in [1.29, 1.82) is 0 Å². The van der Waals surface area contributed by atoms with E-state index in [1.165, 1.54) is 12.8 Å². The van der Waals surface area contributed by atoms with E-state index in [-0.39, 0.29) is 17.9 Å². The van der Waals surface area contributed by atoms with Crippen LogP contribution in [-0.2, 0) is 4.79 Å². The van der Waals surface area contributed by atoms with Gasteiger partial charge in [-0.25, -0.2) is 0 Å². The lowest BCUT2D eigenvalue weighted by Crippen LogP contribution is -2.43. The van der Waals surface area contributed by atoms with E-state index in [0.29, 0.717) is 12.5 Å². The molecule has 0 aliphatic heterocycles. The number of carbonyl (C=O) groups is 1. The highest BCUT2D eigenvalue weighted by molar-refractivity contribution is 7.10. The van der Waals surface area contributed by atoms with Crippen LogP contribution in [0.25, 0.3) is 0 Å². The summed E-state index contributed by atoms with van der Waals surface area (Å²) in [4.78, 5) is 13.1. The number of carbonyl (C=O) groups excluding carboxylic acids is 1. The van der Waals surface area contributed by atoms with E-state index in [4.69, 9.17) is 5.73 Å². The highest BCUT2D eigenvalue weighted by Gasteiger charge is 2.32. The smallest absolute Gasteiger partial charge is 0.228 e. The second-order valence-corrected chi connectivity index (χ2v) is 5.40. The molecule has 88 valence electrons. The molecule has 1 saturated carbocycles. The largest absolute Gasteiger partial charge is 0.351 e. The molecule has 1 aliphatic rings. The van der Waals surface area contributed by atoms with Crippen LogP contribution in [0.2, 0.25) is 0 Å². The first-order valence-electron chi connectivity index (χ1n) is 5.76. The van der Waals surface area contributed by atoms with Gasteiger partial charge >= 0.3 is 0 Å². The van der Waals surface area contributed by atoms with E-state index in [9.17, 15) is 4.79 Å². The van der Waals surface area contributed by atoms with Crippen molar-refractivity contribution in [2.45, 2.75) is 31.7 Å². The summed E-state index contributed by atoms with van der Waals surface area (Å²) in [7, 11) is 0. The molecule has 2 unspecified atom stereocenters. The van der Waals surface area contributed by atoms with E-state index < -0.39 is 0 Å². The Kier molecular flexibility index (Phi) is 3.61. The Bertz CT molecular complexity index is 346. The third-order valence-electron chi connectivity index (χ3n) is 3.14. The van der Waals surface area contributed by atoms with Gasteiger partial charge in [0.1, 0.15) is 0 Å². The van der Waals surface area contributed by atoms with Crippen molar-refractivity contribution in [2.24, 2.45) is 11.7 Å². The van der Waals surface area contributed by atoms with Crippen LogP contribution in [0.15, 0.2) is 17.5 Å². The van der Waals surface area contributed by atoms with Gasteiger partial charge in [0.25, 0.3) is 0 Å². The minimum Gasteiger partial charge on any atom is -0.351 e. The van der Waals surface area contributed by atoms with Crippen LogP contribution in [-0.4, -0.2) is 18.5 Å². The fourth-order valence-corrected chi connectivity index (χ4v) is 2.62. The zero-order chi connectivity index (χ0) is 11.5. The van der Waals surface area contributed by atoms with Crippen molar-refractivity contribution in [2.75, 3.05) is 6.54 Å². The van der Waals surface area contributed by atoms with E-state index in [2.05, 4.69) is 5.32 Å². The zero-order valence-electron chi connectivity index (χ0n) is 9.48. The highest BCUT2D eigenvalue weighted by Crippen LogP contribution is 2.32. The predicted octanol–water partition coefficient (Wildman–Crippen LogP) is 1.71. The maximum atomic E-state index is 12.0. The molecule has 3 nitrogen and oxygen atoms in total. The number of thiophene rings is 1. The summed E-state index contributed by atoms with van der Waals surface area (Å²) in [5, 5.41) is 5.06. The molecule has 16 heavy (non-hydrogen) atoms. The van der Waals surface area contributed by atoms with Crippen molar-refractivity contribution in [3.05, 3.63) is 22.4 Å². The van der Waals surface area contributed by atoms with Gasteiger partial charge in [-0.05, 0) is 37.1 Å². The number of rotatable bonds is 5. The topological polar surface area (TPSA) is 55.1 Å². The van der Waals surface area contributed by atoms with Gasteiger partial charge in [0.05, 0.1) is 5.92 Å². The molecule has 0 saturated heterocycles. The average molecular weight is 238 g/mol. The van der Waals surface area contributed by atoms with Crippen molar-refractivity contribution in [1.82, 2.24) is 5.32 Å². The molecule has 4 heteroatoms. The Balaban J connectivity index is 1.91. The third-order valence-corrected chi connectivity index (χ3v) is 4.19. The van der Waals surface area contributed by atoms with Gasteiger partial charge in [-0.2, -0.15) is 0 Å². The minimum atomic E-state index is -0.0622. The minimum absolute atomic E-state index is 0.0622. The first kappa shape index (κ1) is 11.6. The summed E-state index contributed by atoms with van der Waals surface area (Å²) in [6.45, 7) is 2.50. The lowest BCUT2D eigenvalue weighted by molar-refractivity contribution is -0.122. The number of amides is 1. The second-order valence-electron chi connectivity index (χ2n) is 4.43. The van der Waals surface area contributed by atoms with Crippen molar-refractivity contribution < 1.29 is 4.79 Å². The molecule has 1 aromatic rings. The van der Waals surface area contributed by atoms with Gasteiger partial charge in [-0.1, -0.05) is 6.07 Å². The van der Waals surface area contributed by atoms with Gasteiger partial charge < -0.3 is 11.1 Å². The number of nitrogens with one attached hydrogen (secondary N) is 1. The summed E-state index contributed by atoms with van der Waals surface area (Å²) in [6, 6.07) is 4.16. The molecular weight excluding hydrogens is 220 g/mol. The number of nitrogens with two attached hydrogens (primary N) is 1. The molecule has 0 spiro atoms. The molecule has 0 aromatic carbocycles. The Labute approximate surface area is 100 Å². The maximum Gasteiger partial charge on any atom is 0.228 e. The average Bonchev–Trinajstić information content (AvgIpc) is 2.99. The quantitative estimate of drug-likeness (QED) is 0.820. The maximum absolute atomic E-state index is 12.0. The molecule has 0 bridgehead atoms. The van der Waals surface area contributed by atoms with E-state index in [1.54, 1.807) is 11.3 Å². The summed E-state index contributed by atoms with van der Waals surface area (Å²) in [5.41, 5.74) is 5.67. The number of hydrogen-bond acceptors (Lipinski definition) is 3. The van der Waals surface area contributed by atoms with E-state index in [1.807, 2.05) is 24.4 Å². The van der Waals surface area contributed by atoms with E-state index in [0.717, 1.165) is 4.88 Å². The van der Waals surface area contributed by atoms with Gasteiger partial charge in [0, 0.05) is 17.5 Å². The molecule has 1 heterocycles. The summed E-state index contributed by atoms with van der Waals surface area (Å²) in [5.74, 6) is 0.655. The van der Waals surface area contributed by atoms with Crippen LogP contribution in [0.5, 0.6) is 0 Å². The summed E-state index contributed by atoms with van der Waals surface area (Å²) < 4.78 is 0. The molecule has 1 fully saturated rings. The first-order valence-corrected chi connectivity index (χ1v) is 6.64. The molecule has 1 aromatic heterocycles. The second kappa shape index (κ2) is 4.97. The summed E-state index contributed by atoms with van der Waals surface area (Å²) in [6.07, 6.45) is 2.41. The van der Waals surface area contributed by atoms with Crippen LogP contribution in [0.3, 0.4) is 0 Å². The molecule has 1 amide bonds. The molecule has 2 rings (SSSR count). The number of hydrogen-bond donors (Lipinski definition) is 2. The third kappa shape index (κ3) is 2.62. The molecule has 0 radical (unpaired) electrons. The molecule has 3 N–H and O–H groups in total. The normalized spacial score (nSPS) is 19.1. The zero-order valence-corrected chi connectivity index (χ0v) is 10.3. The molecule has 1 aliphatic carbocycles. The Morgan fingerprint density at radius 1 is 1.69 bits per heavy atom. The van der Waals surface area contributed by atoms with Gasteiger partial charge in [0.15, 0.2) is 0 Å². The predicted molar refractivity (Wildman–Crippen MR) is 66.4 cm³/mol. The summed E-state index contributed by atoms with van der Waals surface area (Å²) >= 11 is 1.63. The lowest BCUT2D eigenvalue weighted by atomic mass is 10.1. The lowest BCUT2D eigenvalue weighted by Gasteiger charge is -2.18. The van der Waals surface area contributed by atoms with Gasteiger partial charge in [0.2, 0.25) is 5.91 Å². The van der Waals surface area contributed by atoms with E-state index >= 15 is 0 Å². The molecule has 2 atom stereocenters. The first-order chi connectivity index (χ1) is 7.72. The van der Waals surface area contributed by atoms with Crippen LogP contribution in [0, 0.1) is 5.92 Å². The SMILES string of the molecule is CC(C(=O)NC(CN)C1CC1)c1cccs1. The Morgan fingerprint density at radius 3 is 2.94 bits per heavy atom. The van der Waals surface area contributed by atoms with Crippen LogP contribution in [0.4, 0.5) is 0 Å². The van der Waals surface area contributed by atoms with Crippen molar-refractivity contribution >= 4 is 17.2 Å².